The molecule has 2 heterocycles. The normalized spacial score (nSPS) is 10.0. The highest BCUT2D eigenvalue weighted by Crippen LogP contribution is 2.07. The second kappa shape index (κ2) is 5.84. The van der Waals surface area contributed by atoms with Gasteiger partial charge in [0.1, 0.15) is 12.7 Å². The van der Waals surface area contributed by atoms with E-state index in [0.29, 0.717) is 0 Å². The first-order chi connectivity index (χ1) is 9.93. The fourth-order valence-electron chi connectivity index (χ4n) is 1.85. The molecule has 0 saturated carbocycles. The highest BCUT2D eigenvalue weighted by atomic mass is 14.8. The third kappa shape index (κ3) is 2.75. The third-order valence-electron chi connectivity index (χ3n) is 2.83. The zero-order chi connectivity index (χ0) is 13.6. The van der Waals surface area contributed by atoms with Gasteiger partial charge in [0.05, 0.1) is 11.0 Å². The Kier molecular flexibility index (Phi) is 3.55. The second-order valence-corrected chi connectivity index (χ2v) is 4.16. The first-order valence-electron chi connectivity index (χ1n) is 6.23. The Morgan fingerprint density at radius 3 is 1.45 bits per heavy atom. The molecule has 0 radical (unpaired) electrons. The molecule has 0 aliphatic carbocycles. The van der Waals surface area contributed by atoms with Crippen LogP contribution in [0.25, 0.3) is 21.8 Å². The Morgan fingerprint density at radius 2 is 1.00 bits per heavy atom. The molecule has 2 aromatic heterocycles. The fraction of sp³-hybridized carbons (Fsp3) is 0. The van der Waals surface area contributed by atoms with Crippen molar-refractivity contribution in [3.05, 3.63) is 73.6 Å². The summed E-state index contributed by atoms with van der Waals surface area (Å²) in [4.78, 5) is 15.9. The van der Waals surface area contributed by atoms with Gasteiger partial charge in [0.25, 0.3) is 0 Å². The highest BCUT2D eigenvalue weighted by Gasteiger charge is 1.88. The Labute approximate surface area is 116 Å². The summed E-state index contributed by atoms with van der Waals surface area (Å²) in [6.07, 6.45) is 6.73. The predicted octanol–water partition coefficient (Wildman–Crippen LogP) is 3.26. The molecule has 4 aromatic rings. The summed E-state index contributed by atoms with van der Waals surface area (Å²) in [5.74, 6) is 0. The van der Waals surface area contributed by atoms with Crippen molar-refractivity contribution in [1.29, 1.82) is 0 Å². The van der Waals surface area contributed by atoms with E-state index in [1.54, 1.807) is 12.7 Å². The standard InChI is InChI=1S/2C8H6N2/c2*1-2-4-8-7(3-1)5-9-6-10-8/h2*1-6H. The van der Waals surface area contributed by atoms with E-state index in [0.717, 1.165) is 21.8 Å². The van der Waals surface area contributed by atoms with Crippen molar-refractivity contribution in [2.45, 2.75) is 0 Å². The maximum atomic E-state index is 4.07. The van der Waals surface area contributed by atoms with Crippen LogP contribution in [0.5, 0.6) is 0 Å². The summed E-state index contributed by atoms with van der Waals surface area (Å²) >= 11 is 0. The van der Waals surface area contributed by atoms with E-state index in [-0.39, 0.29) is 0 Å². The van der Waals surface area contributed by atoms with Crippen molar-refractivity contribution < 1.29 is 0 Å². The van der Waals surface area contributed by atoms with Crippen LogP contribution in [0.1, 0.15) is 0 Å². The lowest BCUT2D eigenvalue weighted by Crippen LogP contribution is -1.77. The average molecular weight is 260 g/mol. The quantitative estimate of drug-likeness (QED) is 0.487. The highest BCUT2D eigenvalue weighted by molar-refractivity contribution is 5.77. The molecular weight excluding hydrogens is 248 g/mol. The molecule has 0 saturated heterocycles. The lowest BCUT2D eigenvalue weighted by atomic mass is 10.2. The number of fused-ring (bicyclic) bond motifs is 2. The molecule has 0 fully saturated rings. The first-order valence-corrected chi connectivity index (χ1v) is 6.23. The zero-order valence-electron chi connectivity index (χ0n) is 10.7. The molecule has 4 heteroatoms. The molecule has 0 unspecified atom stereocenters. The molecule has 96 valence electrons. The van der Waals surface area contributed by atoms with Crippen LogP contribution in [0.4, 0.5) is 0 Å². The van der Waals surface area contributed by atoms with E-state index < -0.39 is 0 Å². The topological polar surface area (TPSA) is 51.6 Å². The van der Waals surface area contributed by atoms with Crippen LogP contribution in [0, 0.1) is 0 Å². The van der Waals surface area contributed by atoms with Gasteiger partial charge in [0, 0.05) is 23.2 Å². The largest absolute Gasteiger partial charge is 0.244 e. The van der Waals surface area contributed by atoms with Crippen LogP contribution in [0.3, 0.4) is 0 Å². The van der Waals surface area contributed by atoms with Gasteiger partial charge in [0.15, 0.2) is 0 Å². The van der Waals surface area contributed by atoms with E-state index in [4.69, 9.17) is 0 Å². The van der Waals surface area contributed by atoms with Gasteiger partial charge < -0.3 is 0 Å². The number of hydrogen-bond donors (Lipinski definition) is 0. The first kappa shape index (κ1) is 12.2. The number of hydrogen-bond acceptors (Lipinski definition) is 4. The molecule has 0 bridgehead atoms. The minimum atomic E-state index is 0.998. The Bertz CT molecular complexity index is 628. The summed E-state index contributed by atoms with van der Waals surface area (Å²) < 4.78 is 0. The van der Waals surface area contributed by atoms with Crippen LogP contribution >= 0.6 is 0 Å². The molecule has 4 rings (SSSR count). The predicted molar refractivity (Wildman–Crippen MR) is 79.1 cm³/mol. The van der Waals surface area contributed by atoms with Crippen molar-refractivity contribution >= 4 is 21.8 Å². The molecule has 0 atom stereocenters. The van der Waals surface area contributed by atoms with Gasteiger partial charge in [-0.1, -0.05) is 36.4 Å². The molecule has 0 amide bonds. The van der Waals surface area contributed by atoms with Gasteiger partial charge in [-0.3, -0.25) is 0 Å². The molecular formula is C16H12N4. The molecule has 0 spiro atoms. The van der Waals surface area contributed by atoms with E-state index in [2.05, 4.69) is 19.9 Å². The van der Waals surface area contributed by atoms with Crippen molar-refractivity contribution in [2.75, 3.05) is 0 Å². The van der Waals surface area contributed by atoms with Crippen LogP contribution in [0.2, 0.25) is 0 Å². The number of para-hydroxylation sites is 2. The maximum absolute atomic E-state index is 4.07. The van der Waals surface area contributed by atoms with Crippen LogP contribution in [-0.2, 0) is 0 Å². The smallest absolute Gasteiger partial charge is 0.116 e. The van der Waals surface area contributed by atoms with E-state index >= 15 is 0 Å². The minimum Gasteiger partial charge on any atom is -0.244 e. The second-order valence-electron chi connectivity index (χ2n) is 4.16. The summed E-state index contributed by atoms with van der Waals surface area (Å²) in [5.41, 5.74) is 2.00. The van der Waals surface area contributed by atoms with Gasteiger partial charge in [-0.25, -0.2) is 19.9 Å². The molecule has 20 heavy (non-hydrogen) atoms. The van der Waals surface area contributed by atoms with Crippen LogP contribution < -0.4 is 0 Å². The van der Waals surface area contributed by atoms with Crippen molar-refractivity contribution in [3.63, 3.8) is 0 Å². The van der Waals surface area contributed by atoms with Gasteiger partial charge in [-0.05, 0) is 12.1 Å². The van der Waals surface area contributed by atoms with Crippen LogP contribution in [0.15, 0.2) is 73.6 Å². The van der Waals surface area contributed by atoms with Crippen molar-refractivity contribution in [3.8, 4) is 0 Å². The molecule has 4 nitrogen and oxygen atoms in total. The maximum Gasteiger partial charge on any atom is 0.116 e. The number of nitrogens with zero attached hydrogens (tertiary/aromatic N) is 4. The minimum absolute atomic E-state index is 0.998. The zero-order valence-corrected chi connectivity index (χ0v) is 10.7. The van der Waals surface area contributed by atoms with E-state index in [1.165, 1.54) is 0 Å². The average Bonchev–Trinajstić information content (AvgIpc) is 2.56. The van der Waals surface area contributed by atoms with E-state index in [1.807, 2.05) is 60.9 Å². The van der Waals surface area contributed by atoms with Crippen molar-refractivity contribution in [2.24, 2.45) is 0 Å². The fourth-order valence-corrected chi connectivity index (χ4v) is 1.85. The monoisotopic (exact) mass is 260 g/mol. The lowest BCUT2D eigenvalue weighted by molar-refractivity contribution is 1.22. The summed E-state index contributed by atoms with van der Waals surface area (Å²) in [7, 11) is 0. The summed E-state index contributed by atoms with van der Waals surface area (Å²) in [5, 5.41) is 2.18. The number of rotatable bonds is 0. The van der Waals surface area contributed by atoms with Crippen LogP contribution in [-0.4, -0.2) is 19.9 Å². The van der Waals surface area contributed by atoms with Gasteiger partial charge in [-0.15, -0.1) is 0 Å². The van der Waals surface area contributed by atoms with Gasteiger partial charge in [0.2, 0.25) is 0 Å². The molecule has 2 aromatic carbocycles. The molecule has 0 aliphatic heterocycles. The number of aromatic nitrogens is 4. The Morgan fingerprint density at radius 1 is 0.550 bits per heavy atom. The summed E-state index contributed by atoms with van der Waals surface area (Å²) in [6, 6.07) is 15.8. The SMILES string of the molecule is c1ccc2ncncc2c1.c1ccc2ncncc2c1. The van der Waals surface area contributed by atoms with Gasteiger partial charge in [-0.2, -0.15) is 0 Å². The van der Waals surface area contributed by atoms with E-state index in [9.17, 15) is 0 Å². The number of benzene rings is 2. The lowest BCUT2D eigenvalue weighted by Gasteiger charge is -1.90. The summed E-state index contributed by atoms with van der Waals surface area (Å²) in [6.45, 7) is 0. The molecule has 0 N–H and O–H groups in total. The molecule has 0 aliphatic rings. The van der Waals surface area contributed by atoms with Crippen molar-refractivity contribution in [1.82, 2.24) is 19.9 Å². The Hall–Kier alpha value is -2.88. The Balaban J connectivity index is 0.000000121. The van der Waals surface area contributed by atoms with Gasteiger partial charge >= 0.3 is 0 Å². The third-order valence-corrected chi connectivity index (χ3v) is 2.83.